The van der Waals surface area contributed by atoms with Gasteiger partial charge in [0.2, 0.25) is 0 Å². The molecule has 0 fully saturated rings. The topological polar surface area (TPSA) is 24.9 Å². The molecule has 0 aliphatic rings. The molecule has 2 heteroatoms. The maximum atomic E-state index is 3.78. The predicted molar refractivity (Wildman–Crippen MR) is 60.2 cm³/mol. The third kappa shape index (κ3) is 4.26. The maximum Gasteiger partial charge on any atom is 0.0337 e. The Hall–Kier alpha value is -1.83. The number of hydrogen-bond donors (Lipinski definition) is 1. The Bertz CT molecular complexity index is 292. The molecular formula is C12H14N2. The minimum Gasteiger partial charge on any atom is -0.388 e. The van der Waals surface area contributed by atoms with Gasteiger partial charge in [-0.25, -0.2) is 0 Å². The zero-order valence-electron chi connectivity index (χ0n) is 8.22. The summed E-state index contributed by atoms with van der Waals surface area (Å²) in [4.78, 5) is 3.78. The number of nitrogens with one attached hydrogen (secondary N) is 1. The van der Waals surface area contributed by atoms with Crippen molar-refractivity contribution < 1.29 is 0 Å². The Labute approximate surface area is 84.6 Å². The van der Waals surface area contributed by atoms with E-state index < -0.39 is 0 Å². The third-order valence-corrected chi connectivity index (χ3v) is 1.63. The van der Waals surface area contributed by atoms with Crippen molar-refractivity contribution in [3.8, 4) is 0 Å². The summed E-state index contributed by atoms with van der Waals surface area (Å²) in [6.07, 6.45) is 3.50. The standard InChI is InChI=1S/C7H9N.C5H5N/c1-8-7-5-3-2-4-6-7;1-2-4-6-5-3-1/h2-6,8H,1H3;1-5H. The predicted octanol–water partition coefficient (Wildman–Crippen LogP) is 2.81. The molecule has 72 valence electrons. The largest absolute Gasteiger partial charge is 0.388 e. The van der Waals surface area contributed by atoms with Crippen LogP contribution in [0.4, 0.5) is 5.69 Å². The second-order valence-electron chi connectivity index (χ2n) is 2.64. The molecule has 14 heavy (non-hydrogen) atoms. The molecule has 1 aromatic carbocycles. The van der Waals surface area contributed by atoms with Crippen LogP contribution in [0.5, 0.6) is 0 Å². The number of pyridine rings is 1. The maximum absolute atomic E-state index is 3.78. The number of benzene rings is 1. The molecule has 0 amide bonds. The van der Waals surface area contributed by atoms with Crippen molar-refractivity contribution in [1.29, 1.82) is 0 Å². The van der Waals surface area contributed by atoms with Crippen molar-refractivity contribution in [2.24, 2.45) is 0 Å². The fourth-order valence-corrected chi connectivity index (χ4v) is 0.917. The fourth-order valence-electron chi connectivity index (χ4n) is 0.917. The first-order valence-corrected chi connectivity index (χ1v) is 4.51. The van der Waals surface area contributed by atoms with Gasteiger partial charge in [-0.3, -0.25) is 4.98 Å². The molecule has 0 atom stereocenters. The number of aromatic nitrogens is 1. The van der Waals surface area contributed by atoms with Gasteiger partial charge in [0.1, 0.15) is 0 Å². The number of nitrogens with zero attached hydrogens (tertiary/aromatic N) is 1. The zero-order valence-corrected chi connectivity index (χ0v) is 8.22. The Kier molecular flexibility index (Phi) is 4.88. The molecule has 0 saturated carbocycles. The summed E-state index contributed by atoms with van der Waals surface area (Å²) in [5.74, 6) is 0. The average Bonchev–Trinajstić information content (AvgIpc) is 2.33. The van der Waals surface area contributed by atoms with Crippen LogP contribution in [0, 0.1) is 0 Å². The van der Waals surface area contributed by atoms with Crippen LogP contribution in [0.1, 0.15) is 0 Å². The highest BCUT2D eigenvalue weighted by Gasteiger charge is 1.77. The second-order valence-corrected chi connectivity index (χ2v) is 2.64. The van der Waals surface area contributed by atoms with Crippen molar-refractivity contribution in [2.45, 2.75) is 0 Å². The molecule has 0 unspecified atom stereocenters. The van der Waals surface area contributed by atoms with Crippen molar-refractivity contribution >= 4 is 5.69 Å². The van der Waals surface area contributed by atoms with Crippen molar-refractivity contribution in [3.63, 3.8) is 0 Å². The lowest BCUT2D eigenvalue weighted by Gasteiger charge is -1.94. The molecule has 0 radical (unpaired) electrons. The van der Waals surface area contributed by atoms with E-state index in [1.165, 1.54) is 0 Å². The number of anilines is 1. The summed E-state index contributed by atoms with van der Waals surface area (Å²) >= 11 is 0. The summed E-state index contributed by atoms with van der Waals surface area (Å²) in [5.41, 5.74) is 1.16. The van der Waals surface area contributed by atoms with Gasteiger partial charge in [0.15, 0.2) is 0 Å². The van der Waals surface area contributed by atoms with Crippen LogP contribution in [0.15, 0.2) is 60.9 Å². The summed E-state index contributed by atoms with van der Waals surface area (Å²) in [7, 11) is 1.91. The minimum absolute atomic E-state index is 1.16. The van der Waals surface area contributed by atoms with Crippen LogP contribution in [0.2, 0.25) is 0 Å². The van der Waals surface area contributed by atoms with Crippen LogP contribution in [0.25, 0.3) is 0 Å². The van der Waals surface area contributed by atoms with E-state index in [-0.39, 0.29) is 0 Å². The zero-order chi connectivity index (χ0) is 10.1. The monoisotopic (exact) mass is 186 g/mol. The van der Waals surface area contributed by atoms with Crippen molar-refractivity contribution in [1.82, 2.24) is 4.98 Å². The lowest BCUT2D eigenvalue weighted by molar-refractivity contribution is 1.33. The first kappa shape index (κ1) is 10.3. The molecular weight excluding hydrogens is 172 g/mol. The molecule has 2 aromatic rings. The third-order valence-electron chi connectivity index (χ3n) is 1.63. The van der Waals surface area contributed by atoms with Crippen molar-refractivity contribution in [3.05, 3.63) is 60.9 Å². The lowest BCUT2D eigenvalue weighted by Crippen LogP contribution is -1.84. The molecule has 1 aromatic heterocycles. The fraction of sp³-hybridized carbons (Fsp3) is 0.0833. The Balaban J connectivity index is 0.000000146. The Morgan fingerprint density at radius 1 is 0.857 bits per heavy atom. The number of hydrogen-bond acceptors (Lipinski definition) is 2. The molecule has 0 bridgehead atoms. The molecule has 2 rings (SSSR count). The van der Waals surface area contributed by atoms with Gasteiger partial charge in [0.05, 0.1) is 0 Å². The molecule has 2 nitrogen and oxygen atoms in total. The average molecular weight is 186 g/mol. The quantitative estimate of drug-likeness (QED) is 0.740. The van der Waals surface area contributed by atoms with Gasteiger partial charge in [-0.1, -0.05) is 24.3 Å². The normalized spacial score (nSPS) is 8.36. The molecule has 0 spiro atoms. The summed E-state index contributed by atoms with van der Waals surface area (Å²) < 4.78 is 0. The molecule has 1 N–H and O–H groups in total. The van der Waals surface area contributed by atoms with Gasteiger partial charge < -0.3 is 5.32 Å². The first-order valence-electron chi connectivity index (χ1n) is 4.51. The number of rotatable bonds is 1. The van der Waals surface area contributed by atoms with E-state index >= 15 is 0 Å². The van der Waals surface area contributed by atoms with Crippen molar-refractivity contribution in [2.75, 3.05) is 12.4 Å². The van der Waals surface area contributed by atoms with E-state index in [9.17, 15) is 0 Å². The SMILES string of the molecule is CNc1ccccc1.c1ccncc1. The van der Waals surface area contributed by atoms with E-state index in [0.29, 0.717) is 0 Å². The summed E-state index contributed by atoms with van der Waals surface area (Å²) in [5, 5.41) is 3.03. The first-order chi connectivity index (χ1) is 6.93. The van der Waals surface area contributed by atoms with Gasteiger partial charge in [0, 0.05) is 25.1 Å². The lowest BCUT2D eigenvalue weighted by atomic mass is 10.3. The van der Waals surface area contributed by atoms with E-state index in [1.807, 2.05) is 55.6 Å². The van der Waals surface area contributed by atoms with Crippen LogP contribution < -0.4 is 5.32 Å². The van der Waals surface area contributed by atoms with E-state index in [0.717, 1.165) is 5.69 Å². The summed E-state index contributed by atoms with van der Waals surface area (Å²) in [6, 6.07) is 15.8. The van der Waals surface area contributed by atoms with Gasteiger partial charge >= 0.3 is 0 Å². The van der Waals surface area contributed by atoms with E-state index in [1.54, 1.807) is 12.4 Å². The minimum atomic E-state index is 1.16. The highest BCUT2D eigenvalue weighted by atomic mass is 14.8. The second kappa shape index (κ2) is 6.66. The van der Waals surface area contributed by atoms with Gasteiger partial charge in [-0.05, 0) is 24.3 Å². The molecule has 0 saturated heterocycles. The molecule has 1 heterocycles. The van der Waals surface area contributed by atoms with Crippen LogP contribution in [-0.2, 0) is 0 Å². The molecule has 0 aliphatic carbocycles. The van der Waals surface area contributed by atoms with E-state index in [2.05, 4.69) is 10.3 Å². The molecule has 0 aliphatic heterocycles. The van der Waals surface area contributed by atoms with Crippen LogP contribution >= 0.6 is 0 Å². The highest BCUT2D eigenvalue weighted by molar-refractivity contribution is 5.41. The number of para-hydroxylation sites is 1. The van der Waals surface area contributed by atoms with Crippen LogP contribution in [0.3, 0.4) is 0 Å². The summed E-state index contributed by atoms with van der Waals surface area (Å²) in [6.45, 7) is 0. The smallest absolute Gasteiger partial charge is 0.0337 e. The van der Waals surface area contributed by atoms with Crippen LogP contribution in [-0.4, -0.2) is 12.0 Å². The van der Waals surface area contributed by atoms with E-state index in [4.69, 9.17) is 0 Å². The highest BCUT2D eigenvalue weighted by Crippen LogP contribution is 2.01. The Morgan fingerprint density at radius 3 is 1.71 bits per heavy atom. The van der Waals surface area contributed by atoms with Gasteiger partial charge in [0.25, 0.3) is 0 Å². The van der Waals surface area contributed by atoms with Gasteiger partial charge in [-0.2, -0.15) is 0 Å². The Morgan fingerprint density at radius 2 is 1.43 bits per heavy atom. The van der Waals surface area contributed by atoms with Gasteiger partial charge in [-0.15, -0.1) is 0 Å².